The lowest BCUT2D eigenvalue weighted by atomic mass is 9.81. The molecule has 2 fully saturated rings. The number of fused-ring (bicyclic) bond motifs is 1. The minimum atomic E-state index is -0.309. The molecule has 3 heterocycles. The van der Waals surface area contributed by atoms with Crippen molar-refractivity contribution in [3.63, 3.8) is 0 Å². The molecule has 3 aliphatic rings. The lowest BCUT2D eigenvalue weighted by Gasteiger charge is -2.46. The number of aryl methyl sites for hydroxylation is 2. The zero-order chi connectivity index (χ0) is 26.3. The number of halogens is 1. The number of hydrogen-bond donors (Lipinski definition) is 2. The molecule has 2 aromatic rings. The summed E-state index contributed by atoms with van der Waals surface area (Å²) in [5, 5.41) is 3.22. The molecule has 0 unspecified atom stereocenters. The van der Waals surface area contributed by atoms with Crippen LogP contribution < -0.4 is 20.3 Å². The first-order valence-corrected chi connectivity index (χ1v) is 13.5. The van der Waals surface area contributed by atoms with Crippen LogP contribution >= 0.6 is 11.6 Å². The highest BCUT2D eigenvalue weighted by molar-refractivity contribution is 6.32. The maximum Gasteiger partial charge on any atom is 0.253 e. The molecule has 1 amide bonds. The number of likely N-dealkylation sites (tertiary alicyclic amines) is 1. The Kier molecular flexibility index (Phi) is 7.52. The molecule has 200 valence electrons. The Morgan fingerprint density at radius 3 is 2.57 bits per heavy atom. The van der Waals surface area contributed by atoms with Crippen LogP contribution in [0.15, 0.2) is 16.9 Å². The first kappa shape index (κ1) is 26.1. The number of carbonyl (C=O) groups is 1. The van der Waals surface area contributed by atoms with Crippen LogP contribution in [0, 0.1) is 26.7 Å². The first-order chi connectivity index (χ1) is 17.7. The van der Waals surface area contributed by atoms with Gasteiger partial charge in [-0.1, -0.05) is 11.6 Å². The number of nitrogens with one attached hydrogen (secondary N) is 2. The van der Waals surface area contributed by atoms with Gasteiger partial charge in [0.2, 0.25) is 0 Å². The standard InChI is InChI=1S/C28H36ClN3O5/c1-15-9-16(2)31-28(34)22(15)11-30-27(33)21-10-23(29)26-25(17(21)3)37-24(14-36-26)18-5-7-19(8-6-18)32-12-20(13-32)35-4/h9-10,18-20,24H,5-8,11-14H2,1-4H3,(H,30,33)(H,31,34)/t18?,19?,24-/m1/s1. The van der Waals surface area contributed by atoms with E-state index in [9.17, 15) is 9.59 Å². The quantitative estimate of drug-likeness (QED) is 0.589. The molecular formula is C28H36ClN3O5. The summed E-state index contributed by atoms with van der Waals surface area (Å²) in [6.45, 7) is 8.19. The predicted octanol–water partition coefficient (Wildman–Crippen LogP) is 3.91. The second-order valence-electron chi connectivity index (χ2n) is 10.7. The Hall–Kier alpha value is -2.55. The average Bonchev–Trinajstić information content (AvgIpc) is 2.85. The number of H-pyrrole nitrogens is 1. The van der Waals surface area contributed by atoms with Crippen molar-refractivity contribution >= 4 is 17.5 Å². The van der Waals surface area contributed by atoms with Crippen molar-refractivity contribution in [2.24, 2.45) is 5.92 Å². The van der Waals surface area contributed by atoms with Gasteiger partial charge in [-0.15, -0.1) is 0 Å². The molecule has 2 aliphatic heterocycles. The summed E-state index contributed by atoms with van der Waals surface area (Å²) in [6, 6.07) is 4.13. The molecule has 37 heavy (non-hydrogen) atoms. The van der Waals surface area contributed by atoms with Crippen LogP contribution in [0.1, 0.15) is 58.4 Å². The average molecular weight is 530 g/mol. The van der Waals surface area contributed by atoms with Crippen LogP contribution in [0.25, 0.3) is 0 Å². The van der Waals surface area contributed by atoms with Gasteiger partial charge in [-0.3, -0.25) is 14.5 Å². The van der Waals surface area contributed by atoms with E-state index in [4.69, 9.17) is 25.8 Å². The van der Waals surface area contributed by atoms with E-state index in [1.807, 2.05) is 26.8 Å². The molecule has 1 atom stereocenters. The number of hydrogen-bond acceptors (Lipinski definition) is 6. The monoisotopic (exact) mass is 529 g/mol. The largest absolute Gasteiger partial charge is 0.484 e. The van der Waals surface area contributed by atoms with Crippen LogP contribution in [0.3, 0.4) is 0 Å². The van der Waals surface area contributed by atoms with Gasteiger partial charge in [-0.25, -0.2) is 0 Å². The minimum absolute atomic E-state index is 0.0709. The summed E-state index contributed by atoms with van der Waals surface area (Å²) in [4.78, 5) is 30.8. The number of aromatic amines is 1. The van der Waals surface area contributed by atoms with Gasteiger partial charge >= 0.3 is 0 Å². The molecule has 0 spiro atoms. The number of methoxy groups -OCH3 is 1. The summed E-state index contributed by atoms with van der Waals surface area (Å²) in [5.74, 6) is 1.14. The Labute approximate surface area is 222 Å². The second kappa shape index (κ2) is 10.7. The van der Waals surface area contributed by atoms with Crippen molar-refractivity contribution < 1.29 is 19.0 Å². The fraction of sp³-hybridized carbons (Fsp3) is 0.571. The molecule has 9 heteroatoms. The zero-order valence-corrected chi connectivity index (χ0v) is 22.7. The van der Waals surface area contributed by atoms with Crippen LogP contribution in [-0.4, -0.2) is 60.8 Å². The van der Waals surface area contributed by atoms with E-state index in [-0.39, 0.29) is 24.1 Å². The van der Waals surface area contributed by atoms with Gasteiger partial charge in [-0.2, -0.15) is 0 Å². The molecule has 1 saturated carbocycles. The third-order valence-electron chi connectivity index (χ3n) is 8.26. The van der Waals surface area contributed by atoms with Gasteiger partial charge in [0.1, 0.15) is 12.7 Å². The van der Waals surface area contributed by atoms with Crippen molar-refractivity contribution in [3.8, 4) is 11.5 Å². The molecule has 1 aromatic heterocycles. The third-order valence-corrected chi connectivity index (χ3v) is 8.54. The van der Waals surface area contributed by atoms with Gasteiger partial charge in [0.25, 0.3) is 11.5 Å². The Morgan fingerprint density at radius 1 is 1.16 bits per heavy atom. The predicted molar refractivity (Wildman–Crippen MR) is 142 cm³/mol. The molecule has 1 aromatic carbocycles. The number of nitrogens with zero attached hydrogens (tertiary/aromatic N) is 1. The van der Waals surface area contributed by atoms with Gasteiger partial charge in [0, 0.05) is 55.2 Å². The van der Waals surface area contributed by atoms with E-state index in [1.165, 1.54) is 0 Å². The number of ether oxygens (including phenoxy) is 3. The van der Waals surface area contributed by atoms with Crippen molar-refractivity contribution in [3.05, 3.63) is 55.5 Å². The number of amides is 1. The first-order valence-electron chi connectivity index (χ1n) is 13.1. The van der Waals surface area contributed by atoms with Crippen molar-refractivity contribution in [2.75, 3.05) is 26.8 Å². The second-order valence-corrected chi connectivity index (χ2v) is 11.1. The molecule has 0 bridgehead atoms. The normalized spacial score (nSPS) is 24.0. The van der Waals surface area contributed by atoms with E-state index >= 15 is 0 Å². The van der Waals surface area contributed by atoms with Crippen LogP contribution in [0.5, 0.6) is 11.5 Å². The molecule has 1 aliphatic carbocycles. The number of benzene rings is 1. The van der Waals surface area contributed by atoms with Gasteiger partial charge < -0.3 is 24.5 Å². The van der Waals surface area contributed by atoms with Crippen molar-refractivity contribution in [1.82, 2.24) is 15.2 Å². The van der Waals surface area contributed by atoms with Crippen LogP contribution in [0.2, 0.25) is 5.02 Å². The lowest BCUT2D eigenvalue weighted by molar-refractivity contribution is -0.0649. The van der Waals surface area contributed by atoms with Gasteiger partial charge in [-0.05, 0) is 70.1 Å². The molecule has 2 N–H and O–H groups in total. The van der Waals surface area contributed by atoms with Crippen molar-refractivity contribution in [1.29, 1.82) is 0 Å². The Balaban J connectivity index is 1.25. The summed E-state index contributed by atoms with van der Waals surface area (Å²) in [5.41, 5.74) is 3.07. The fourth-order valence-corrected chi connectivity index (χ4v) is 6.17. The van der Waals surface area contributed by atoms with Crippen LogP contribution in [0.4, 0.5) is 0 Å². The minimum Gasteiger partial charge on any atom is -0.484 e. The van der Waals surface area contributed by atoms with E-state index in [2.05, 4.69) is 15.2 Å². The fourth-order valence-electron chi connectivity index (χ4n) is 5.92. The summed E-state index contributed by atoms with van der Waals surface area (Å²) in [7, 11) is 1.78. The van der Waals surface area contributed by atoms with E-state index < -0.39 is 0 Å². The highest BCUT2D eigenvalue weighted by atomic mass is 35.5. The summed E-state index contributed by atoms with van der Waals surface area (Å²) in [6.07, 6.45) is 4.77. The summed E-state index contributed by atoms with van der Waals surface area (Å²) >= 11 is 6.53. The molecular weight excluding hydrogens is 494 g/mol. The highest BCUT2D eigenvalue weighted by Gasteiger charge is 2.38. The number of pyridine rings is 1. The maximum atomic E-state index is 13.1. The zero-order valence-electron chi connectivity index (χ0n) is 22.0. The number of aromatic nitrogens is 1. The van der Waals surface area contributed by atoms with Crippen LogP contribution in [-0.2, 0) is 11.3 Å². The highest BCUT2D eigenvalue weighted by Crippen LogP contribution is 2.45. The van der Waals surface area contributed by atoms with E-state index in [0.29, 0.717) is 57.9 Å². The van der Waals surface area contributed by atoms with Crippen molar-refractivity contribution in [2.45, 2.75) is 71.2 Å². The number of rotatable bonds is 6. The molecule has 0 radical (unpaired) electrons. The number of carbonyl (C=O) groups excluding carboxylic acids is 1. The van der Waals surface area contributed by atoms with Gasteiger partial charge in [0.05, 0.1) is 11.1 Å². The SMILES string of the molecule is COC1CN(C2CCC([C@H]3COc4c(Cl)cc(C(=O)NCc5c(C)cc(C)[nH]c5=O)c(C)c4O3)CC2)C1. The molecule has 5 rings (SSSR count). The maximum absolute atomic E-state index is 13.1. The molecule has 8 nitrogen and oxygen atoms in total. The lowest BCUT2D eigenvalue weighted by Crippen LogP contribution is -2.57. The van der Waals surface area contributed by atoms with E-state index in [1.54, 1.807) is 13.2 Å². The third kappa shape index (κ3) is 5.24. The van der Waals surface area contributed by atoms with Gasteiger partial charge in [0.15, 0.2) is 11.5 Å². The molecule has 1 saturated heterocycles. The van der Waals surface area contributed by atoms with E-state index in [0.717, 1.165) is 50.0 Å². The summed E-state index contributed by atoms with van der Waals surface area (Å²) < 4.78 is 18.0. The topological polar surface area (TPSA) is 92.9 Å². The smallest absolute Gasteiger partial charge is 0.253 e. The Morgan fingerprint density at radius 2 is 1.89 bits per heavy atom. The Bertz CT molecular complexity index is 1230.